The van der Waals surface area contributed by atoms with Crippen molar-refractivity contribution in [3.8, 4) is 0 Å². The van der Waals surface area contributed by atoms with Crippen LogP contribution in [0.3, 0.4) is 0 Å². The van der Waals surface area contributed by atoms with E-state index in [1.165, 1.54) is 0 Å². The Morgan fingerprint density at radius 2 is 1.92 bits per heavy atom. The summed E-state index contributed by atoms with van der Waals surface area (Å²) in [5.74, 6) is 0.575. The molecule has 3 heterocycles. The average molecular weight is 316 g/mol. The first-order valence-electron chi connectivity index (χ1n) is 7.76. The molecule has 1 atom stereocenters. The number of nitrogens with one attached hydrogen (secondary N) is 1. The number of aromatic nitrogens is 2. The van der Waals surface area contributed by atoms with Crippen molar-refractivity contribution in [3.05, 3.63) is 83.8 Å². The number of nitrogens with zero attached hydrogens (tertiary/aromatic N) is 3. The normalized spacial score (nSPS) is 16.1. The number of hydrogen-bond acceptors (Lipinski definition) is 4. The molecule has 5 nitrogen and oxygen atoms in total. The minimum Gasteiger partial charge on any atom is -0.360 e. The van der Waals surface area contributed by atoms with Crippen LogP contribution in [0, 0.1) is 6.92 Å². The summed E-state index contributed by atoms with van der Waals surface area (Å²) in [4.78, 5) is 23.2. The molecule has 0 unspecified atom stereocenters. The van der Waals surface area contributed by atoms with E-state index in [1.807, 2.05) is 55.5 Å². The number of carbonyl (C=O) groups is 1. The molecule has 0 spiro atoms. The van der Waals surface area contributed by atoms with Crippen LogP contribution in [-0.2, 0) is 0 Å². The highest BCUT2D eigenvalue weighted by molar-refractivity contribution is 6.10. The SMILES string of the molecule is Cc1ccc(N2C(=O)c3ccccc3[C@H]2Nc2cccnc2)nc1. The lowest BCUT2D eigenvalue weighted by Gasteiger charge is -2.26. The van der Waals surface area contributed by atoms with Crippen molar-refractivity contribution in [1.29, 1.82) is 0 Å². The van der Waals surface area contributed by atoms with Gasteiger partial charge in [0.25, 0.3) is 5.91 Å². The number of amides is 1. The van der Waals surface area contributed by atoms with Crippen molar-refractivity contribution < 1.29 is 4.79 Å². The van der Waals surface area contributed by atoms with Crippen molar-refractivity contribution in [1.82, 2.24) is 9.97 Å². The molecule has 0 fully saturated rings. The van der Waals surface area contributed by atoms with Crippen LogP contribution in [0.15, 0.2) is 67.1 Å². The second kappa shape index (κ2) is 5.77. The van der Waals surface area contributed by atoms with Crippen molar-refractivity contribution in [2.24, 2.45) is 0 Å². The van der Waals surface area contributed by atoms with Gasteiger partial charge in [-0.2, -0.15) is 0 Å². The molecule has 4 rings (SSSR count). The van der Waals surface area contributed by atoms with Gasteiger partial charge in [-0.15, -0.1) is 0 Å². The van der Waals surface area contributed by atoms with Crippen LogP contribution in [-0.4, -0.2) is 15.9 Å². The second-order valence-corrected chi connectivity index (χ2v) is 5.74. The average Bonchev–Trinajstić information content (AvgIpc) is 2.89. The lowest BCUT2D eigenvalue weighted by molar-refractivity contribution is 0.0992. The van der Waals surface area contributed by atoms with Crippen molar-refractivity contribution in [3.63, 3.8) is 0 Å². The van der Waals surface area contributed by atoms with Crippen molar-refractivity contribution >= 4 is 17.4 Å². The quantitative estimate of drug-likeness (QED) is 0.803. The van der Waals surface area contributed by atoms with E-state index in [1.54, 1.807) is 23.5 Å². The highest BCUT2D eigenvalue weighted by Gasteiger charge is 2.38. The summed E-state index contributed by atoms with van der Waals surface area (Å²) in [5.41, 5.74) is 3.54. The molecule has 0 saturated heterocycles. The predicted octanol–water partition coefficient (Wildman–Crippen LogP) is 3.56. The molecule has 118 valence electrons. The first-order chi connectivity index (χ1) is 11.7. The fraction of sp³-hybridized carbons (Fsp3) is 0.105. The zero-order chi connectivity index (χ0) is 16.5. The van der Waals surface area contributed by atoms with Crippen LogP contribution in [0.4, 0.5) is 11.5 Å². The third-order valence-electron chi connectivity index (χ3n) is 4.07. The molecule has 0 bridgehead atoms. The van der Waals surface area contributed by atoms with Crippen LogP contribution in [0.2, 0.25) is 0 Å². The molecule has 1 aliphatic rings. The van der Waals surface area contributed by atoms with Crippen molar-refractivity contribution in [2.75, 3.05) is 10.2 Å². The molecule has 3 aromatic rings. The van der Waals surface area contributed by atoms with E-state index in [0.29, 0.717) is 11.4 Å². The molecule has 0 radical (unpaired) electrons. The first kappa shape index (κ1) is 14.4. The Morgan fingerprint density at radius 3 is 2.67 bits per heavy atom. The Labute approximate surface area is 140 Å². The summed E-state index contributed by atoms with van der Waals surface area (Å²) < 4.78 is 0. The van der Waals surface area contributed by atoms with Gasteiger partial charge in [-0.1, -0.05) is 24.3 Å². The van der Waals surface area contributed by atoms with Crippen LogP contribution >= 0.6 is 0 Å². The predicted molar refractivity (Wildman–Crippen MR) is 92.8 cm³/mol. The number of carbonyl (C=O) groups excluding carboxylic acids is 1. The summed E-state index contributed by atoms with van der Waals surface area (Å²) in [7, 11) is 0. The number of hydrogen-bond donors (Lipinski definition) is 1. The Hall–Kier alpha value is -3.21. The number of pyridine rings is 2. The zero-order valence-electron chi connectivity index (χ0n) is 13.2. The number of benzene rings is 1. The van der Waals surface area contributed by atoms with Gasteiger partial charge in [-0.05, 0) is 36.8 Å². The molecule has 0 aliphatic carbocycles. The maximum absolute atomic E-state index is 12.9. The number of fused-ring (bicyclic) bond motifs is 1. The Morgan fingerprint density at radius 1 is 1.04 bits per heavy atom. The fourth-order valence-corrected chi connectivity index (χ4v) is 2.90. The van der Waals surface area contributed by atoms with Gasteiger partial charge >= 0.3 is 0 Å². The zero-order valence-corrected chi connectivity index (χ0v) is 13.2. The van der Waals surface area contributed by atoms with E-state index >= 15 is 0 Å². The summed E-state index contributed by atoms with van der Waals surface area (Å²) in [5, 5.41) is 3.39. The summed E-state index contributed by atoms with van der Waals surface area (Å²) >= 11 is 0. The molecule has 1 aromatic carbocycles. The van der Waals surface area contributed by atoms with Gasteiger partial charge in [0.2, 0.25) is 0 Å². The summed E-state index contributed by atoms with van der Waals surface area (Å²) in [6, 6.07) is 15.3. The van der Waals surface area contributed by atoms with E-state index in [4.69, 9.17) is 0 Å². The van der Waals surface area contributed by atoms with Crippen molar-refractivity contribution in [2.45, 2.75) is 13.1 Å². The topological polar surface area (TPSA) is 58.1 Å². The van der Waals surface area contributed by atoms with Gasteiger partial charge in [0.1, 0.15) is 12.0 Å². The molecule has 1 aliphatic heterocycles. The van der Waals surface area contributed by atoms with Gasteiger partial charge in [-0.25, -0.2) is 4.98 Å². The fourth-order valence-electron chi connectivity index (χ4n) is 2.90. The highest BCUT2D eigenvalue weighted by atomic mass is 16.2. The van der Waals surface area contributed by atoms with Gasteiger partial charge < -0.3 is 5.32 Å². The lowest BCUT2D eigenvalue weighted by Crippen LogP contribution is -2.32. The van der Waals surface area contributed by atoms with Gasteiger partial charge in [0, 0.05) is 29.7 Å². The Bertz CT molecular complexity index is 877. The van der Waals surface area contributed by atoms with Crippen LogP contribution in [0.25, 0.3) is 0 Å². The lowest BCUT2D eigenvalue weighted by atomic mass is 10.1. The van der Waals surface area contributed by atoms with Gasteiger partial charge in [-0.3, -0.25) is 14.7 Å². The maximum Gasteiger partial charge on any atom is 0.261 e. The van der Waals surface area contributed by atoms with Crippen LogP contribution in [0.1, 0.15) is 27.7 Å². The molecule has 0 saturated carbocycles. The highest BCUT2D eigenvalue weighted by Crippen LogP contribution is 2.36. The molecular weight excluding hydrogens is 300 g/mol. The third kappa shape index (κ3) is 2.40. The van der Waals surface area contributed by atoms with E-state index in [9.17, 15) is 4.79 Å². The maximum atomic E-state index is 12.9. The smallest absolute Gasteiger partial charge is 0.261 e. The van der Waals surface area contributed by atoms with E-state index < -0.39 is 0 Å². The minimum absolute atomic E-state index is 0.0525. The summed E-state index contributed by atoms with van der Waals surface area (Å²) in [6.45, 7) is 1.97. The third-order valence-corrected chi connectivity index (χ3v) is 4.07. The Kier molecular flexibility index (Phi) is 3.46. The molecule has 1 N–H and O–H groups in total. The monoisotopic (exact) mass is 316 g/mol. The minimum atomic E-state index is -0.312. The largest absolute Gasteiger partial charge is 0.360 e. The molecule has 24 heavy (non-hydrogen) atoms. The molecule has 1 amide bonds. The van der Waals surface area contributed by atoms with E-state index in [0.717, 1.165) is 16.8 Å². The standard InChI is InChI=1S/C19H16N4O/c1-13-8-9-17(21-11-13)23-18(22-14-5-4-10-20-12-14)15-6-2-3-7-16(15)19(23)24/h2-12,18,22H,1H3/t18-/m0/s1. The first-order valence-corrected chi connectivity index (χ1v) is 7.76. The molecular formula is C19H16N4O. The van der Waals surface area contributed by atoms with E-state index in [-0.39, 0.29) is 12.1 Å². The van der Waals surface area contributed by atoms with Gasteiger partial charge in [0.05, 0.1) is 5.69 Å². The van der Waals surface area contributed by atoms with Crippen LogP contribution in [0.5, 0.6) is 0 Å². The Balaban J connectivity index is 1.79. The number of aryl methyl sites for hydroxylation is 1. The van der Waals surface area contributed by atoms with E-state index in [2.05, 4.69) is 15.3 Å². The summed E-state index contributed by atoms with van der Waals surface area (Å²) in [6.07, 6.45) is 4.92. The molecule has 2 aromatic heterocycles. The second-order valence-electron chi connectivity index (χ2n) is 5.74. The van der Waals surface area contributed by atoms with Crippen LogP contribution < -0.4 is 10.2 Å². The molecule has 5 heteroatoms. The van der Waals surface area contributed by atoms with Gasteiger partial charge in [0.15, 0.2) is 0 Å². The number of anilines is 2. The number of rotatable bonds is 3.